The summed E-state index contributed by atoms with van der Waals surface area (Å²) in [5.74, 6) is 1.12. The number of fused-ring (bicyclic) bond motifs is 1. The second kappa shape index (κ2) is 4.31. The van der Waals surface area contributed by atoms with Crippen LogP contribution >= 0.6 is 17.0 Å². The highest BCUT2D eigenvalue weighted by Crippen LogP contribution is 2.35. The van der Waals surface area contributed by atoms with Crippen LogP contribution in [0.1, 0.15) is 32.1 Å². The Morgan fingerprint density at radius 2 is 1.92 bits per heavy atom. The first kappa shape index (κ1) is 10.8. The Bertz CT molecular complexity index is 195. The van der Waals surface area contributed by atoms with Crippen molar-refractivity contribution in [2.24, 2.45) is 11.7 Å². The van der Waals surface area contributed by atoms with E-state index < -0.39 is 0 Å². The van der Waals surface area contributed by atoms with Crippen LogP contribution in [0, 0.1) is 11.3 Å². The predicted octanol–water partition coefficient (Wildman–Crippen LogP) is 1.72. The molecule has 3 nitrogen and oxygen atoms in total. The molecule has 1 aliphatic heterocycles. The van der Waals surface area contributed by atoms with Crippen molar-refractivity contribution in [1.82, 2.24) is 4.90 Å². The van der Waals surface area contributed by atoms with E-state index in [1.165, 1.54) is 32.1 Å². The SMILES string of the molecule is Br.N=C(N)N1CCC2CCCCC21. The lowest BCUT2D eigenvalue weighted by atomic mass is 9.85. The summed E-state index contributed by atoms with van der Waals surface area (Å²) in [6, 6.07) is 0.608. The van der Waals surface area contributed by atoms with Gasteiger partial charge in [0, 0.05) is 12.6 Å². The van der Waals surface area contributed by atoms with Crippen molar-refractivity contribution in [2.45, 2.75) is 38.1 Å². The van der Waals surface area contributed by atoms with Crippen molar-refractivity contribution >= 4 is 22.9 Å². The van der Waals surface area contributed by atoms with Crippen LogP contribution in [0.15, 0.2) is 0 Å². The number of halogens is 1. The minimum atomic E-state index is 0. The molecule has 1 saturated carbocycles. The molecule has 0 bridgehead atoms. The van der Waals surface area contributed by atoms with Gasteiger partial charge in [-0.05, 0) is 25.2 Å². The van der Waals surface area contributed by atoms with E-state index >= 15 is 0 Å². The molecule has 76 valence electrons. The van der Waals surface area contributed by atoms with Gasteiger partial charge in [0.15, 0.2) is 5.96 Å². The highest BCUT2D eigenvalue weighted by Gasteiger charge is 2.35. The van der Waals surface area contributed by atoms with Crippen molar-refractivity contribution in [3.63, 3.8) is 0 Å². The smallest absolute Gasteiger partial charge is 0.188 e. The van der Waals surface area contributed by atoms with Gasteiger partial charge in [0.25, 0.3) is 0 Å². The molecule has 0 aromatic heterocycles. The molecule has 1 heterocycles. The number of hydrogen-bond donors (Lipinski definition) is 2. The van der Waals surface area contributed by atoms with Crippen LogP contribution in [-0.2, 0) is 0 Å². The fourth-order valence-electron chi connectivity index (χ4n) is 2.70. The number of nitrogens with zero attached hydrogens (tertiary/aromatic N) is 1. The van der Waals surface area contributed by atoms with Crippen LogP contribution in [0.25, 0.3) is 0 Å². The number of hydrogen-bond acceptors (Lipinski definition) is 1. The Morgan fingerprint density at radius 3 is 2.62 bits per heavy atom. The minimum absolute atomic E-state index is 0. The maximum absolute atomic E-state index is 7.42. The number of nitrogens with one attached hydrogen (secondary N) is 1. The molecule has 2 aliphatic rings. The summed E-state index contributed by atoms with van der Waals surface area (Å²) < 4.78 is 0. The van der Waals surface area contributed by atoms with Crippen LogP contribution in [0.3, 0.4) is 0 Å². The fraction of sp³-hybridized carbons (Fsp3) is 0.889. The molecule has 2 rings (SSSR count). The highest BCUT2D eigenvalue weighted by atomic mass is 79.9. The van der Waals surface area contributed by atoms with E-state index in [0.29, 0.717) is 6.04 Å². The first-order chi connectivity index (χ1) is 5.79. The summed E-state index contributed by atoms with van der Waals surface area (Å²) in [7, 11) is 0. The molecule has 0 aromatic carbocycles. The summed E-state index contributed by atoms with van der Waals surface area (Å²) in [5, 5.41) is 7.42. The van der Waals surface area contributed by atoms with E-state index in [1.807, 2.05) is 0 Å². The second-order valence-electron chi connectivity index (χ2n) is 3.98. The molecule has 13 heavy (non-hydrogen) atoms. The Labute approximate surface area is 89.9 Å². The summed E-state index contributed by atoms with van der Waals surface area (Å²) in [5.41, 5.74) is 5.51. The number of guanidine groups is 1. The van der Waals surface area contributed by atoms with Gasteiger partial charge < -0.3 is 10.6 Å². The molecule has 1 aliphatic carbocycles. The van der Waals surface area contributed by atoms with Crippen LogP contribution in [0.4, 0.5) is 0 Å². The number of rotatable bonds is 0. The Morgan fingerprint density at radius 1 is 1.23 bits per heavy atom. The summed E-state index contributed by atoms with van der Waals surface area (Å²) in [6.45, 7) is 1.02. The summed E-state index contributed by atoms with van der Waals surface area (Å²) >= 11 is 0. The van der Waals surface area contributed by atoms with E-state index in [2.05, 4.69) is 4.90 Å². The van der Waals surface area contributed by atoms with Gasteiger partial charge in [0.2, 0.25) is 0 Å². The second-order valence-corrected chi connectivity index (χ2v) is 3.98. The number of likely N-dealkylation sites (tertiary alicyclic amines) is 1. The third-order valence-electron chi connectivity index (χ3n) is 3.32. The van der Waals surface area contributed by atoms with Crippen molar-refractivity contribution in [3.05, 3.63) is 0 Å². The third kappa shape index (κ3) is 1.98. The molecule has 2 unspecified atom stereocenters. The number of nitrogens with two attached hydrogens (primary N) is 1. The first-order valence-corrected chi connectivity index (χ1v) is 4.89. The normalized spacial score (nSPS) is 32.2. The van der Waals surface area contributed by atoms with Gasteiger partial charge in [-0.25, -0.2) is 0 Å². The molecule has 0 radical (unpaired) electrons. The fourth-order valence-corrected chi connectivity index (χ4v) is 2.70. The first-order valence-electron chi connectivity index (χ1n) is 4.89. The average molecular weight is 248 g/mol. The van der Waals surface area contributed by atoms with E-state index in [-0.39, 0.29) is 22.9 Å². The van der Waals surface area contributed by atoms with Crippen molar-refractivity contribution in [2.75, 3.05) is 6.54 Å². The molecule has 0 spiro atoms. The molecule has 1 saturated heterocycles. The molecule has 2 atom stereocenters. The monoisotopic (exact) mass is 247 g/mol. The molecule has 2 fully saturated rings. The van der Waals surface area contributed by atoms with Crippen molar-refractivity contribution in [3.8, 4) is 0 Å². The predicted molar refractivity (Wildman–Crippen MR) is 59.3 cm³/mol. The van der Waals surface area contributed by atoms with Crippen LogP contribution in [-0.4, -0.2) is 23.4 Å². The Kier molecular flexibility index (Phi) is 3.59. The summed E-state index contributed by atoms with van der Waals surface area (Å²) in [6.07, 6.45) is 6.57. The van der Waals surface area contributed by atoms with E-state index in [4.69, 9.17) is 11.1 Å². The molecular weight excluding hydrogens is 230 g/mol. The van der Waals surface area contributed by atoms with Crippen LogP contribution in [0.5, 0.6) is 0 Å². The topological polar surface area (TPSA) is 53.1 Å². The lowest BCUT2D eigenvalue weighted by Gasteiger charge is -2.31. The summed E-state index contributed by atoms with van der Waals surface area (Å²) in [4.78, 5) is 2.09. The van der Waals surface area contributed by atoms with Crippen molar-refractivity contribution < 1.29 is 0 Å². The van der Waals surface area contributed by atoms with Gasteiger partial charge in [0.1, 0.15) is 0 Å². The Balaban J connectivity index is 0.000000845. The Hall–Kier alpha value is -0.250. The standard InChI is InChI=1S/C9H17N3.BrH/c10-9(11)12-6-5-7-3-1-2-4-8(7)12;/h7-8H,1-6H2,(H3,10,11);1H. The zero-order chi connectivity index (χ0) is 8.55. The van der Waals surface area contributed by atoms with Gasteiger partial charge in [-0.2, -0.15) is 0 Å². The van der Waals surface area contributed by atoms with Gasteiger partial charge in [-0.15, -0.1) is 17.0 Å². The molecule has 4 heteroatoms. The maximum atomic E-state index is 7.42. The van der Waals surface area contributed by atoms with Gasteiger partial charge in [-0.3, -0.25) is 5.41 Å². The van der Waals surface area contributed by atoms with Crippen LogP contribution in [0.2, 0.25) is 0 Å². The maximum Gasteiger partial charge on any atom is 0.188 e. The molecule has 0 aromatic rings. The molecule has 0 amide bonds. The van der Waals surface area contributed by atoms with Gasteiger partial charge >= 0.3 is 0 Å². The van der Waals surface area contributed by atoms with Crippen LogP contribution < -0.4 is 5.73 Å². The lowest BCUT2D eigenvalue weighted by molar-refractivity contribution is 0.251. The zero-order valence-corrected chi connectivity index (χ0v) is 9.54. The van der Waals surface area contributed by atoms with Gasteiger partial charge in [0.05, 0.1) is 0 Å². The molecule has 3 N–H and O–H groups in total. The molecular formula is C9H18BrN3. The van der Waals surface area contributed by atoms with Crippen molar-refractivity contribution in [1.29, 1.82) is 5.41 Å². The van der Waals surface area contributed by atoms with E-state index in [9.17, 15) is 0 Å². The van der Waals surface area contributed by atoms with E-state index in [1.54, 1.807) is 0 Å². The highest BCUT2D eigenvalue weighted by molar-refractivity contribution is 8.93. The van der Waals surface area contributed by atoms with Gasteiger partial charge in [-0.1, -0.05) is 12.8 Å². The average Bonchev–Trinajstić information content (AvgIpc) is 2.47. The third-order valence-corrected chi connectivity index (χ3v) is 3.32. The van der Waals surface area contributed by atoms with E-state index in [0.717, 1.165) is 12.5 Å². The minimum Gasteiger partial charge on any atom is -0.370 e. The largest absolute Gasteiger partial charge is 0.370 e. The quantitative estimate of drug-likeness (QED) is 0.506. The zero-order valence-electron chi connectivity index (χ0n) is 7.83. The lowest BCUT2D eigenvalue weighted by Crippen LogP contribution is -2.42.